The molecular weight excluding hydrogens is 332 g/mol. The summed E-state index contributed by atoms with van der Waals surface area (Å²) in [5.41, 5.74) is 1.04. The molecule has 0 aliphatic carbocycles. The number of carbonyl (C=O) groups is 3. The van der Waals surface area contributed by atoms with Crippen molar-refractivity contribution in [1.29, 1.82) is 0 Å². The van der Waals surface area contributed by atoms with Crippen LogP contribution in [0.2, 0.25) is 0 Å². The molecule has 0 spiro atoms. The highest BCUT2D eigenvalue weighted by molar-refractivity contribution is 5.97. The van der Waals surface area contributed by atoms with E-state index in [2.05, 4.69) is 17.6 Å². The van der Waals surface area contributed by atoms with Crippen LogP contribution in [-0.4, -0.2) is 30.9 Å². The van der Waals surface area contributed by atoms with Gasteiger partial charge < -0.3 is 15.4 Å². The van der Waals surface area contributed by atoms with Gasteiger partial charge >= 0.3 is 5.97 Å². The number of anilines is 1. The summed E-state index contributed by atoms with van der Waals surface area (Å²) in [6, 6.07) is 5.88. The summed E-state index contributed by atoms with van der Waals surface area (Å²) in [5, 5.41) is 5.39. The minimum Gasteiger partial charge on any atom is -0.467 e. The third-order valence-corrected chi connectivity index (χ3v) is 4.10. The predicted molar refractivity (Wildman–Crippen MR) is 102 cm³/mol. The van der Waals surface area contributed by atoms with Gasteiger partial charge in [-0.25, -0.2) is 4.79 Å². The number of carbonyl (C=O) groups excluding carboxylic acids is 3. The fourth-order valence-electron chi connectivity index (χ4n) is 2.67. The first-order valence-corrected chi connectivity index (χ1v) is 9.24. The van der Waals surface area contributed by atoms with E-state index in [0.29, 0.717) is 17.7 Å². The smallest absolute Gasteiger partial charge is 0.328 e. The number of ether oxygens (including phenoxy) is 1. The van der Waals surface area contributed by atoms with Gasteiger partial charge in [0, 0.05) is 18.2 Å². The first-order valence-electron chi connectivity index (χ1n) is 9.24. The maximum absolute atomic E-state index is 12.4. The molecule has 0 saturated carbocycles. The molecule has 26 heavy (non-hydrogen) atoms. The molecule has 6 heteroatoms. The van der Waals surface area contributed by atoms with Crippen molar-refractivity contribution in [3.8, 4) is 0 Å². The quantitative estimate of drug-likeness (QED) is 0.465. The number of hydrogen-bond donors (Lipinski definition) is 2. The lowest BCUT2D eigenvalue weighted by atomic mass is 10.0. The van der Waals surface area contributed by atoms with E-state index >= 15 is 0 Å². The van der Waals surface area contributed by atoms with Crippen LogP contribution in [0.1, 0.15) is 69.2 Å². The molecule has 2 amide bonds. The molecule has 0 aliphatic heterocycles. The van der Waals surface area contributed by atoms with Crippen LogP contribution in [0.3, 0.4) is 0 Å². The first-order chi connectivity index (χ1) is 12.5. The van der Waals surface area contributed by atoms with E-state index < -0.39 is 12.0 Å². The maximum atomic E-state index is 12.4. The van der Waals surface area contributed by atoms with Crippen LogP contribution in [0.5, 0.6) is 0 Å². The molecule has 0 fully saturated rings. The fourth-order valence-corrected chi connectivity index (χ4v) is 2.67. The molecule has 6 nitrogen and oxygen atoms in total. The van der Waals surface area contributed by atoms with Crippen molar-refractivity contribution in [3.05, 3.63) is 29.8 Å². The SMILES string of the molecule is CCCCCCCC[C@@H](NC(=O)c1ccc(NC(C)=O)cc1)C(=O)OC. The lowest BCUT2D eigenvalue weighted by molar-refractivity contribution is -0.143. The highest BCUT2D eigenvalue weighted by Crippen LogP contribution is 2.12. The summed E-state index contributed by atoms with van der Waals surface area (Å²) in [6.07, 6.45) is 7.23. The van der Waals surface area contributed by atoms with Crippen molar-refractivity contribution >= 4 is 23.5 Å². The van der Waals surface area contributed by atoms with Gasteiger partial charge in [0.15, 0.2) is 0 Å². The number of unbranched alkanes of at least 4 members (excludes halogenated alkanes) is 5. The third kappa shape index (κ3) is 8.14. The lowest BCUT2D eigenvalue weighted by Gasteiger charge is -2.16. The molecular formula is C20H30N2O4. The largest absolute Gasteiger partial charge is 0.467 e. The monoisotopic (exact) mass is 362 g/mol. The molecule has 0 heterocycles. The fraction of sp³-hybridized carbons (Fsp3) is 0.550. The Morgan fingerprint density at radius 2 is 1.62 bits per heavy atom. The second-order valence-electron chi connectivity index (χ2n) is 6.36. The highest BCUT2D eigenvalue weighted by atomic mass is 16.5. The molecule has 1 atom stereocenters. The van der Waals surface area contributed by atoms with Crippen LogP contribution in [0.4, 0.5) is 5.69 Å². The molecule has 0 aromatic heterocycles. The Morgan fingerprint density at radius 3 is 2.19 bits per heavy atom. The summed E-state index contributed by atoms with van der Waals surface area (Å²) in [5.74, 6) is -0.936. The van der Waals surface area contributed by atoms with Gasteiger partial charge in [0.1, 0.15) is 6.04 Å². The van der Waals surface area contributed by atoms with Crippen molar-refractivity contribution < 1.29 is 19.1 Å². The average Bonchev–Trinajstić information content (AvgIpc) is 2.62. The molecule has 0 saturated heterocycles. The third-order valence-electron chi connectivity index (χ3n) is 4.10. The Morgan fingerprint density at radius 1 is 1.00 bits per heavy atom. The van der Waals surface area contributed by atoms with E-state index in [1.165, 1.54) is 33.3 Å². The molecule has 0 radical (unpaired) electrons. The average molecular weight is 362 g/mol. The molecule has 2 N–H and O–H groups in total. The van der Waals surface area contributed by atoms with Gasteiger partial charge in [-0.05, 0) is 30.7 Å². The second-order valence-corrected chi connectivity index (χ2v) is 6.36. The van der Waals surface area contributed by atoms with Gasteiger partial charge in [0.25, 0.3) is 5.91 Å². The second kappa shape index (κ2) is 12.1. The van der Waals surface area contributed by atoms with Crippen molar-refractivity contribution in [2.75, 3.05) is 12.4 Å². The number of esters is 1. The zero-order valence-electron chi connectivity index (χ0n) is 16.0. The molecule has 1 rings (SSSR count). The number of amides is 2. The van der Waals surface area contributed by atoms with E-state index in [0.717, 1.165) is 19.3 Å². The number of hydrogen-bond acceptors (Lipinski definition) is 4. The van der Waals surface area contributed by atoms with E-state index in [9.17, 15) is 14.4 Å². The Labute approximate surface area is 155 Å². The number of nitrogens with one attached hydrogen (secondary N) is 2. The Bertz CT molecular complexity index is 584. The van der Waals surface area contributed by atoms with Gasteiger partial charge in [-0.15, -0.1) is 0 Å². The van der Waals surface area contributed by atoms with Gasteiger partial charge in [-0.2, -0.15) is 0 Å². The van der Waals surface area contributed by atoms with Gasteiger partial charge in [0.2, 0.25) is 5.91 Å². The standard InChI is InChI=1S/C20H30N2O4/c1-4-5-6-7-8-9-10-18(20(25)26-3)22-19(24)16-11-13-17(14-12-16)21-15(2)23/h11-14,18H,4-10H2,1-3H3,(H,21,23)(H,22,24)/t18-/m1/s1. The number of rotatable bonds is 11. The Hall–Kier alpha value is -2.37. The van der Waals surface area contributed by atoms with Gasteiger partial charge in [-0.1, -0.05) is 45.4 Å². The van der Waals surface area contributed by atoms with E-state index in [4.69, 9.17) is 4.74 Å². The zero-order valence-corrected chi connectivity index (χ0v) is 16.0. The molecule has 0 aliphatic rings. The molecule has 0 bridgehead atoms. The van der Waals surface area contributed by atoms with Crippen molar-refractivity contribution in [2.45, 2.75) is 64.8 Å². The number of benzene rings is 1. The highest BCUT2D eigenvalue weighted by Gasteiger charge is 2.21. The molecule has 1 aromatic rings. The Balaban J connectivity index is 2.56. The Kier molecular flexibility index (Phi) is 10.1. The van der Waals surface area contributed by atoms with Crippen molar-refractivity contribution in [1.82, 2.24) is 5.32 Å². The van der Waals surface area contributed by atoms with Crippen LogP contribution in [0, 0.1) is 0 Å². The van der Waals surface area contributed by atoms with Gasteiger partial charge in [0.05, 0.1) is 7.11 Å². The minimum absolute atomic E-state index is 0.174. The van der Waals surface area contributed by atoms with Crippen LogP contribution in [0.25, 0.3) is 0 Å². The molecule has 144 valence electrons. The first kappa shape index (κ1) is 21.7. The minimum atomic E-state index is -0.645. The molecule has 0 unspecified atom stereocenters. The topological polar surface area (TPSA) is 84.5 Å². The van der Waals surface area contributed by atoms with Crippen molar-refractivity contribution in [2.24, 2.45) is 0 Å². The summed E-state index contributed by atoms with van der Waals surface area (Å²) in [4.78, 5) is 35.3. The molecule has 1 aromatic carbocycles. The summed E-state index contributed by atoms with van der Waals surface area (Å²) >= 11 is 0. The van der Waals surface area contributed by atoms with E-state index in [-0.39, 0.29) is 11.8 Å². The van der Waals surface area contributed by atoms with E-state index in [1.807, 2.05) is 0 Å². The summed E-state index contributed by atoms with van der Waals surface area (Å²) in [7, 11) is 1.32. The van der Waals surface area contributed by atoms with Crippen molar-refractivity contribution in [3.63, 3.8) is 0 Å². The normalized spacial score (nSPS) is 11.5. The number of methoxy groups -OCH3 is 1. The van der Waals surface area contributed by atoms with Gasteiger partial charge in [-0.3, -0.25) is 9.59 Å². The maximum Gasteiger partial charge on any atom is 0.328 e. The van der Waals surface area contributed by atoms with Crippen LogP contribution in [0.15, 0.2) is 24.3 Å². The van der Waals surface area contributed by atoms with E-state index in [1.54, 1.807) is 24.3 Å². The lowest BCUT2D eigenvalue weighted by Crippen LogP contribution is -2.41. The summed E-state index contributed by atoms with van der Waals surface area (Å²) < 4.78 is 4.81. The van der Waals surface area contributed by atoms with Crippen LogP contribution >= 0.6 is 0 Å². The van der Waals surface area contributed by atoms with Crippen LogP contribution in [-0.2, 0) is 14.3 Å². The predicted octanol–water partition coefficient (Wildman–Crippen LogP) is 3.67. The zero-order chi connectivity index (χ0) is 19.4. The van der Waals surface area contributed by atoms with Crippen LogP contribution < -0.4 is 10.6 Å². The summed E-state index contributed by atoms with van der Waals surface area (Å²) in [6.45, 7) is 3.59.